The Morgan fingerprint density at radius 2 is 2.57 bits per heavy atom. The molecule has 0 saturated carbocycles. The third kappa shape index (κ3) is 1.45. The molecule has 1 unspecified atom stereocenters. The van der Waals surface area contributed by atoms with Crippen LogP contribution in [0.2, 0.25) is 1.41 Å². The highest BCUT2D eigenvalue weighted by atomic mass is 16.3. The molecular weight excluding hydrogens is 90.1 g/mol. The van der Waals surface area contributed by atoms with Crippen molar-refractivity contribution < 1.29 is 6.52 Å². The van der Waals surface area contributed by atoms with Gasteiger partial charge in [0.15, 0.2) is 0 Å². The second-order valence-corrected chi connectivity index (χ2v) is 1.88. The monoisotopic (exact) mass is 103 g/mol. The number of aliphatic hydroxyl groups is 1. The zero-order valence-electron chi connectivity index (χ0n) is 5.30. The maximum atomic E-state index is 8.92. The van der Waals surface area contributed by atoms with Crippen molar-refractivity contribution in [3.05, 3.63) is 0 Å². The van der Waals surface area contributed by atoms with Gasteiger partial charge in [0.2, 0.25) is 0 Å². The van der Waals surface area contributed by atoms with Crippen molar-refractivity contribution in [2.45, 2.75) is 25.5 Å². The number of hydrogen-bond donors (Lipinski definition) is 2. The van der Waals surface area contributed by atoms with Gasteiger partial charge >= 0.3 is 0 Å². The molecule has 2 N–H and O–H groups in total. The zero-order valence-corrected chi connectivity index (χ0v) is 4.30. The fourth-order valence-corrected chi connectivity index (χ4v) is 0.770. The van der Waals surface area contributed by atoms with Gasteiger partial charge in [-0.2, -0.15) is 0 Å². The van der Waals surface area contributed by atoms with Crippen LogP contribution in [-0.4, -0.2) is 17.9 Å². The highest BCUT2D eigenvalue weighted by Crippen LogP contribution is 2.02. The molecule has 1 saturated heterocycles. The van der Waals surface area contributed by atoms with Gasteiger partial charge < -0.3 is 5.11 Å². The number of hydrogen-bond acceptors (Lipinski definition) is 2. The van der Waals surface area contributed by atoms with Crippen molar-refractivity contribution in [2.75, 3.05) is 6.54 Å². The molecule has 0 bridgehead atoms. The summed E-state index contributed by atoms with van der Waals surface area (Å²) in [6, 6.07) is 0. The lowest BCUT2D eigenvalue weighted by Gasteiger charge is -2.17. The lowest BCUT2D eigenvalue weighted by Crippen LogP contribution is -2.33. The highest BCUT2D eigenvalue weighted by molar-refractivity contribution is 4.60. The molecule has 0 amide bonds. The summed E-state index contributed by atoms with van der Waals surface area (Å²) >= 11 is 0. The second-order valence-electron chi connectivity index (χ2n) is 1.88. The molecule has 0 aromatic rings. The Kier molecular flexibility index (Phi) is 1.26. The Morgan fingerprint density at radius 1 is 1.71 bits per heavy atom. The largest absolute Gasteiger partial charge is 0.379 e. The van der Waals surface area contributed by atoms with Crippen molar-refractivity contribution in [3.63, 3.8) is 0 Å². The average Bonchev–Trinajstić information content (AvgIpc) is 1.77. The Bertz CT molecular complexity index is 68.8. The summed E-state index contributed by atoms with van der Waals surface area (Å²) in [5.41, 5.74) is 0. The fraction of sp³-hybridized carbons (Fsp3) is 1.00. The first-order valence-electron chi connectivity index (χ1n) is 3.19. The molecule has 0 aliphatic carbocycles. The molecule has 7 heavy (non-hydrogen) atoms. The van der Waals surface area contributed by atoms with Crippen molar-refractivity contribution in [2.24, 2.45) is 0 Å². The van der Waals surface area contributed by atoms with E-state index in [9.17, 15) is 0 Å². The normalized spacial score (nSPS) is 37.9. The third-order valence-electron chi connectivity index (χ3n) is 1.21. The fourth-order valence-electron chi connectivity index (χ4n) is 0.770. The molecule has 1 fully saturated rings. The minimum absolute atomic E-state index is 0.497. The molecule has 2 nitrogen and oxygen atoms in total. The maximum Gasteiger partial charge on any atom is 0.125 e. The van der Waals surface area contributed by atoms with E-state index in [-0.39, 0.29) is 0 Å². The quantitative estimate of drug-likeness (QED) is 0.455. The molecule has 0 spiro atoms. The van der Waals surface area contributed by atoms with Crippen LogP contribution in [0.3, 0.4) is 0 Å². The predicted molar refractivity (Wildman–Crippen MR) is 27.9 cm³/mol. The minimum atomic E-state index is -0.497. The smallest absolute Gasteiger partial charge is 0.125 e. The van der Waals surface area contributed by atoms with E-state index in [4.69, 9.17) is 6.52 Å². The summed E-state index contributed by atoms with van der Waals surface area (Å²) in [6.07, 6.45) is 2.39. The van der Waals surface area contributed by atoms with Crippen LogP contribution in [0.4, 0.5) is 0 Å². The van der Waals surface area contributed by atoms with Gasteiger partial charge in [-0.3, -0.25) is 5.31 Å². The van der Waals surface area contributed by atoms with Gasteiger partial charge in [0, 0.05) is 0 Å². The topological polar surface area (TPSA) is 32.3 Å². The third-order valence-corrected chi connectivity index (χ3v) is 1.21. The molecule has 1 aliphatic heterocycles. The number of nitrogens with one attached hydrogen (secondary N) is 1. The van der Waals surface area contributed by atoms with Crippen LogP contribution in [0.5, 0.6) is 0 Å². The number of piperidine rings is 1. The van der Waals surface area contributed by atoms with Crippen molar-refractivity contribution in [1.29, 1.82) is 0 Å². The Labute approximate surface area is 45.0 Å². The van der Waals surface area contributed by atoms with E-state index in [0.29, 0.717) is 0 Å². The van der Waals surface area contributed by atoms with Crippen LogP contribution in [0.1, 0.15) is 19.3 Å². The molecule has 0 radical (unpaired) electrons. The molecule has 1 atom stereocenters. The molecule has 1 aliphatic rings. The molecule has 2 heteroatoms. The van der Waals surface area contributed by atoms with Gasteiger partial charge in [0.1, 0.15) is 7.64 Å². The van der Waals surface area contributed by atoms with Crippen LogP contribution in [0.25, 0.3) is 0 Å². The number of aliphatic hydroxyl groups excluding tert-OH is 1. The zero-order chi connectivity index (χ0) is 5.98. The van der Waals surface area contributed by atoms with Crippen molar-refractivity contribution >= 4 is 0 Å². The summed E-state index contributed by atoms with van der Waals surface area (Å²) < 4.78 is 7.06. The van der Waals surface area contributed by atoms with E-state index in [1.807, 2.05) is 0 Å². The van der Waals surface area contributed by atoms with Crippen molar-refractivity contribution in [3.8, 4) is 0 Å². The van der Waals surface area contributed by atoms with Crippen LogP contribution < -0.4 is 5.31 Å². The Morgan fingerprint density at radius 3 is 3.00 bits per heavy atom. The standard InChI is InChI=1S/C5H11NO/c7-5-3-1-2-4-6-5/h5-7H,1-4H2/i/hT. The number of rotatable bonds is 0. The summed E-state index contributed by atoms with van der Waals surface area (Å²) in [5.74, 6) is 0. The van der Waals surface area contributed by atoms with E-state index in [2.05, 4.69) is 0 Å². The van der Waals surface area contributed by atoms with Gasteiger partial charge in [-0.25, -0.2) is 0 Å². The van der Waals surface area contributed by atoms with Crippen LogP contribution in [-0.2, 0) is 0 Å². The van der Waals surface area contributed by atoms with E-state index in [1.54, 1.807) is 0 Å². The SMILES string of the molecule is [3H]N1CCCCC1O. The second kappa shape index (κ2) is 2.28. The van der Waals surface area contributed by atoms with E-state index in [1.165, 1.54) is 5.31 Å². The van der Waals surface area contributed by atoms with Gasteiger partial charge in [-0.15, -0.1) is 0 Å². The molecular formula is C5H11NO. The molecule has 0 aromatic carbocycles. The van der Waals surface area contributed by atoms with E-state index >= 15 is 0 Å². The Hall–Kier alpha value is -0.0800. The average molecular weight is 103 g/mol. The summed E-state index contributed by atoms with van der Waals surface area (Å²) in [5, 5.41) is 10.2. The van der Waals surface area contributed by atoms with Gasteiger partial charge in [-0.05, 0) is 25.8 Å². The molecule has 1 heterocycles. The summed E-state index contributed by atoms with van der Waals surface area (Å²) in [6.45, 7) is 0.723. The predicted octanol–water partition coefficient (Wildman–Crippen LogP) is 0.0783. The Balaban J connectivity index is 2.28. The first kappa shape index (κ1) is 3.87. The van der Waals surface area contributed by atoms with Gasteiger partial charge in [0.25, 0.3) is 0 Å². The lowest BCUT2D eigenvalue weighted by molar-refractivity contribution is 0.108. The van der Waals surface area contributed by atoms with Gasteiger partial charge in [0.05, 0.1) is 0 Å². The maximum absolute atomic E-state index is 8.92. The summed E-state index contributed by atoms with van der Waals surface area (Å²) in [4.78, 5) is 0. The first-order chi connectivity index (χ1) is 3.80. The van der Waals surface area contributed by atoms with Crippen molar-refractivity contribution in [1.82, 2.24) is 5.31 Å². The van der Waals surface area contributed by atoms with Crippen LogP contribution >= 0.6 is 0 Å². The first-order valence-corrected chi connectivity index (χ1v) is 2.74. The van der Waals surface area contributed by atoms with E-state index < -0.39 is 6.23 Å². The molecule has 0 aromatic heterocycles. The van der Waals surface area contributed by atoms with E-state index in [0.717, 1.165) is 25.8 Å². The van der Waals surface area contributed by atoms with Gasteiger partial charge in [-0.1, -0.05) is 0 Å². The summed E-state index contributed by atoms with van der Waals surface area (Å²) in [7, 11) is 0. The molecule has 42 valence electrons. The van der Waals surface area contributed by atoms with Crippen LogP contribution in [0, 0.1) is 0 Å². The highest BCUT2D eigenvalue weighted by Gasteiger charge is 2.06. The lowest BCUT2D eigenvalue weighted by atomic mass is 10.1. The molecule has 1 rings (SSSR count). The van der Waals surface area contributed by atoms with Crippen LogP contribution in [0.15, 0.2) is 0 Å². The minimum Gasteiger partial charge on any atom is -0.379 e.